The first-order chi connectivity index (χ1) is 12.6. The summed E-state index contributed by atoms with van der Waals surface area (Å²) in [6.07, 6.45) is 0. The van der Waals surface area contributed by atoms with Gasteiger partial charge in [0, 0.05) is 28.5 Å². The highest BCUT2D eigenvalue weighted by atomic mass is 32.2. The van der Waals surface area contributed by atoms with Gasteiger partial charge in [0.1, 0.15) is 4.38 Å². The topological polar surface area (TPSA) is 44.7 Å². The Morgan fingerprint density at radius 3 is 2.85 bits per heavy atom. The molecule has 0 spiro atoms. The molecule has 1 aromatic carbocycles. The molecule has 0 aliphatic carbocycles. The van der Waals surface area contributed by atoms with Gasteiger partial charge in [-0.05, 0) is 37.2 Å². The molecule has 1 atom stereocenters. The van der Waals surface area contributed by atoms with Crippen LogP contribution in [0.5, 0.6) is 0 Å². The predicted molar refractivity (Wildman–Crippen MR) is 116 cm³/mol. The number of carbonyl (C=O) groups is 1. The first kappa shape index (κ1) is 19.5. The average Bonchev–Trinajstić information content (AvgIpc) is 3.34. The molecule has 7 heteroatoms. The molecule has 2 heterocycles. The van der Waals surface area contributed by atoms with Gasteiger partial charge in [-0.25, -0.2) is 0 Å². The summed E-state index contributed by atoms with van der Waals surface area (Å²) in [6.45, 7) is 1.50. The van der Waals surface area contributed by atoms with Crippen LogP contribution in [0.4, 0.5) is 0 Å². The third-order valence-corrected chi connectivity index (χ3v) is 7.40. The Morgan fingerprint density at radius 1 is 1.31 bits per heavy atom. The SMILES string of the molecule is CN(C)C(CNC(=O)c1ccccc1CSC1=NCCS1)c1cccs1. The fourth-order valence-corrected chi connectivity index (χ4v) is 5.65. The molecule has 2 aromatic rings. The summed E-state index contributed by atoms with van der Waals surface area (Å²) in [4.78, 5) is 20.7. The van der Waals surface area contributed by atoms with Crippen LogP contribution in [0, 0.1) is 0 Å². The highest BCUT2D eigenvalue weighted by Gasteiger charge is 2.18. The van der Waals surface area contributed by atoms with Gasteiger partial charge in [0.15, 0.2) is 0 Å². The zero-order chi connectivity index (χ0) is 18.4. The Morgan fingerprint density at radius 2 is 2.15 bits per heavy atom. The molecule has 0 saturated heterocycles. The number of rotatable bonds is 7. The number of benzene rings is 1. The van der Waals surface area contributed by atoms with Gasteiger partial charge in [0.2, 0.25) is 0 Å². The maximum absolute atomic E-state index is 12.8. The number of likely N-dealkylation sites (N-methyl/N-ethyl adjacent to an activating group) is 1. The van der Waals surface area contributed by atoms with Crippen LogP contribution in [0.3, 0.4) is 0 Å². The van der Waals surface area contributed by atoms with Crippen molar-refractivity contribution in [3.8, 4) is 0 Å². The number of hydrogen-bond acceptors (Lipinski definition) is 6. The van der Waals surface area contributed by atoms with Gasteiger partial charge in [0.05, 0.1) is 12.6 Å². The van der Waals surface area contributed by atoms with Gasteiger partial charge in [-0.1, -0.05) is 47.8 Å². The minimum atomic E-state index is -0.00869. The van der Waals surface area contributed by atoms with E-state index in [-0.39, 0.29) is 11.9 Å². The highest BCUT2D eigenvalue weighted by molar-refractivity contribution is 8.38. The van der Waals surface area contributed by atoms with E-state index >= 15 is 0 Å². The van der Waals surface area contributed by atoms with E-state index < -0.39 is 0 Å². The number of thioether (sulfide) groups is 2. The number of nitrogens with one attached hydrogen (secondary N) is 1. The van der Waals surface area contributed by atoms with Crippen LogP contribution >= 0.6 is 34.9 Å². The monoisotopic (exact) mass is 405 g/mol. The lowest BCUT2D eigenvalue weighted by Crippen LogP contribution is -2.34. The van der Waals surface area contributed by atoms with E-state index in [9.17, 15) is 4.79 Å². The van der Waals surface area contributed by atoms with Gasteiger partial charge < -0.3 is 10.2 Å². The van der Waals surface area contributed by atoms with Crippen molar-refractivity contribution in [3.05, 3.63) is 57.8 Å². The number of hydrogen-bond donors (Lipinski definition) is 1. The second-order valence-corrected chi connectivity index (χ2v) is 9.43. The molecule has 0 radical (unpaired) electrons. The molecule has 1 amide bonds. The summed E-state index contributed by atoms with van der Waals surface area (Å²) in [5, 5.41) is 5.19. The van der Waals surface area contributed by atoms with Crippen molar-refractivity contribution in [1.82, 2.24) is 10.2 Å². The third-order valence-electron chi connectivity index (χ3n) is 4.12. The maximum Gasteiger partial charge on any atom is 0.251 e. The lowest BCUT2D eigenvalue weighted by molar-refractivity contribution is 0.0941. The van der Waals surface area contributed by atoms with E-state index in [1.165, 1.54) is 4.88 Å². The van der Waals surface area contributed by atoms with Crippen LogP contribution in [0.1, 0.15) is 26.8 Å². The predicted octanol–water partition coefficient (Wildman–Crippen LogP) is 4.12. The van der Waals surface area contributed by atoms with E-state index in [4.69, 9.17) is 0 Å². The largest absolute Gasteiger partial charge is 0.350 e. The molecule has 1 aliphatic heterocycles. The zero-order valence-corrected chi connectivity index (χ0v) is 17.4. The highest BCUT2D eigenvalue weighted by Crippen LogP contribution is 2.27. The Kier molecular flexibility index (Phi) is 7.19. The molecule has 1 unspecified atom stereocenters. The number of aliphatic imine (C=N–C) groups is 1. The Hall–Kier alpha value is -1.28. The smallest absolute Gasteiger partial charge is 0.251 e. The molecule has 26 heavy (non-hydrogen) atoms. The lowest BCUT2D eigenvalue weighted by atomic mass is 10.1. The summed E-state index contributed by atoms with van der Waals surface area (Å²) in [5.74, 6) is 1.84. The number of nitrogens with zero attached hydrogens (tertiary/aromatic N) is 2. The minimum absolute atomic E-state index is 0.00869. The molecule has 138 valence electrons. The van der Waals surface area contributed by atoms with Crippen LogP contribution in [0.2, 0.25) is 0 Å². The summed E-state index contributed by atoms with van der Waals surface area (Å²) in [5.41, 5.74) is 1.81. The molecule has 0 saturated carbocycles. The van der Waals surface area contributed by atoms with Crippen molar-refractivity contribution in [2.45, 2.75) is 11.8 Å². The maximum atomic E-state index is 12.8. The molecule has 4 nitrogen and oxygen atoms in total. The minimum Gasteiger partial charge on any atom is -0.350 e. The first-order valence-electron chi connectivity index (χ1n) is 8.51. The normalized spacial score (nSPS) is 15.1. The summed E-state index contributed by atoms with van der Waals surface area (Å²) >= 11 is 5.24. The van der Waals surface area contributed by atoms with Crippen molar-refractivity contribution in [1.29, 1.82) is 0 Å². The van der Waals surface area contributed by atoms with E-state index in [1.807, 2.05) is 38.4 Å². The van der Waals surface area contributed by atoms with Crippen LogP contribution in [-0.4, -0.2) is 48.1 Å². The molecule has 0 bridgehead atoms. The van der Waals surface area contributed by atoms with Crippen molar-refractivity contribution in [2.24, 2.45) is 4.99 Å². The molecule has 0 fully saturated rings. The Labute approximate surface area is 167 Å². The average molecular weight is 406 g/mol. The summed E-state index contributed by atoms with van der Waals surface area (Å²) in [6, 6.07) is 12.2. The van der Waals surface area contributed by atoms with Gasteiger partial charge in [-0.15, -0.1) is 11.3 Å². The van der Waals surface area contributed by atoms with E-state index in [2.05, 4.69) is 32.7 Å². The van der Waals surface area contributed by atoms with Gasteiger partial charge in [-0.2, -0.15) is 0 Å². The van der Waals surface area contributed by atoms with Crippen LogP contribution in [-0.2, 0) is 5.75 Å². The Balaban J connectivity index is 1.63. The number of amides is 1. The number of thiophene rings is 1. The quantitative estimate of drug-likeness (QED) is 0.753. The van der Waals surface area contributed by atoms with E-state index in [1.54, 1.807) is 34.9 Å². The molecule has 3 rings (SSSR count). The summed E-state index contributed by atoms with van der Waals surface area (Å²) in [7, 11) is 4.09. The van der Waals surface area contributed by atoms with Gasteiger partial charge in [-0.3, -0.25) is 9.79 Å². The number of carbonyl (C=O) groups excluding carboxylic acids is 1. The van der Waals surface area contributed by atoms with E-state index in [0.717, 1.165) is 33.6 Å². The van der Waals surface area contributed by atoms with Crippen molar-refractivity contribution in [3.63, 3.8) is 0 Å². The van der Waals surface area contributed by atoms with Crippen LogP contribution in [0.15, 0.2) is 46.8 Å². The zero-order valence-electron chi connectivity index (χ0n) is 15.0. The molecule has 1 aliphatic rings. The fourth-order valence-electron chi connectivity index (χ4n) is 2.71. The van der Waals surface area contributed by atoms with Crippen molar-refractivity contribution in [2.75, 3.05) is 32.9 Å². The first-order valence-corrected chi connectivity index (χ1v) is 11.4. The second-order valence-electron chi connectivity index (χ2n) is 6.15. The van der Waals surface area contributed by atoms with E-state index in [0.29, 0.717) is 6.54 Å². The van der Waals surface area contributed by atoms with Crippen LogP contribution < -0.4 is 5.32 Å². The fraction of sp³-hybridized carbons (Fsp3) is 0.368. The van der Waals surface area contributed by atoms with Gasteiger partial charge >= 0.3 is 0 Å². The van der Waals surface area contributed by atoms with Crippen LogP contribution in [0.25, 0.3) is 0 Å². The lowest BCUT2D eigenvalue weighted by Gasteiger charge is -2.23. The molecular formula is C19H23N3OS3. The van der Waals surface area contributed by atoms with Crippen molar-refractivity contribution < 1.29 is 4.79 Å². The van der Waals surface area contributed by atoms with Gasteiger partial charge in [0.25, 0.3) is 5.91 Å². The molecular weight excluding hydrogens is 382 g/mol. The molecule has 1 aromatic heterocycles. The second kappa shape index (κ2) is 9.60. The Bertz CT molecular complexity index is 759. The van der Waals surface area contributed by atoms with Crippen molar-refractivity contribution >= 4 is 45.1 Å². The molecule has 1 N–H and O–H groups in total. The third kappa shape index (κ3) is 5.13. The summed E-state index contributed by atoms with van der Waals surface area (Å²) < 4.78 is 1.13. The standard InChI is InChI=1S/C19H23N3OS3/c1-22(2)16(17-8-5-10-24-17)12-21-18(23)15-7-4-3-6-14(15)13-26-19-20-9-11-25-19/h3-8,10,16H,9,11-13H2,1-2H3,(H,21,23).